The minimum atomic E-state index is -0.349. The molecule has 0 amide bonds. The van der Waals surface area contributed by atoms with E-state index in [1.165, 1.54) is 12.8 Å². The minimum Gasteiger partial charge on any atom is -0.489 e. The first kappa shape index (κ1) is 14.6. The van der Waals surface area contributed by atoms with Crippen LogP contribution in [0.4, 0.5) is 5.69 Å². The molecule has 0 bridgehead atoms. The second-order valence-corrected chi connectivity index (χ2v) is 6.94. The molecule has 1 aromatic rings. The summed E-state index contributed by atoms with van der Waals surface area (Å²) in [6.07, 6.45) is 5.57. The Morgan fingerprint density at radius 1 is 1.29 bits per heavy atom. The Bertz CT molecular complexity index is 581. The molecule has 1 aromatic carbocycles. The molecule has 2 saturated carbocycles. The maximum atomic E-state index is 11.1. The summed E-state index contributed by atoms with van der Waals surface area (Å²) < 4.78 is 6.15. The zero-order valence-electron chi connectivity index (χ0n) is 12.4. The number of nitro groups is 1. The van der Waals surface area contributed by atoms with Crippen molar-refractivity contribution >= 4 is 17.3 Å². The first-order chi connectivity index (χ1) is 9.94. The van der Waals surface area contributed by atoms with Crippen LogP contribution in [0.15, 0.2) is 12.1 Å². The van der Waals surface area contributed by atoms with Gasteiger partial charge in [-0.15, -0.1) is 11.6 Å². The van der Waals surface area contributed by atoms with Crippen LogP contribution in [0.3, 0.4) is 0 Å². The van der Waals surface area contributed by atoms with Gasteiger partial charge in [0.05, 0.1) is 11.0 Å². The van der Waals surface area contributed by atoms with E-state index in [9.17, 15) is 10.1 Å². The van der Waals surface area contributed by atoms with Gasteiger partial charge in [0.15, 0.2) is 0 Å². The van der Waals surface area contributed by atoms with Crippen molar-refractivity contribution in [3.63, 3.8) is 0 Å². The molecule has 0 saturated heterocycles. The second kappa shape index (κ2) is 5.16. The highest BCUT2D eigenvalue weighted by Crippen LogP contribution is 2.57. The average Bonchev–Trinajstić information content (AvgIpc) is 2.93. The molecule has 5 heteroatoms. The Balaban J connectivity index is 1.85. The summed E-state index contributed by atoms with van der Waals surface area (Å²) in [6, 6.07) is 3.39. The number of nitrogens with zero attached hydrogens (tertiary/aromatic N) is 1. The number of hydrogen-bond donors (Lipinski definition) is 0. The Kier molecular flexibility index (Phi) is 3.60. The van der Waals surface area contributed by atoms with Crippen LogP contribution in [0.25, 0.3) is 0 Å². The number of halogens is 1. The van der Waals surface area contributed by atoms with Gasteiger partial charge in [0, 0.05) is 22.8 Å². The summed E-state index contributed by atoms with van der Waals surface area (Å²) in [7, 11) is 0. The smallest absolute Gasteiger partial charge is 0.276 e. The highest BCUT2D eigenvalue weighted by atomic mass is 35.5. The van der Waals surface area contributed by atoms with Crippen molar-refractivity contribution in [2.75, 3.05) is 0 Å². The van der Waals surface area contributed by atoms with Crippen LogP contribution in [-0.2, 0) is 0 Å². The number of rotatable bonds is 3. The van der Waals surface area contributed by atoms with Gasteiger partial charge in [0.25, 0.3) is 5.69 Å². The molecule has 2 aliphatic rings. The number of hydrogen-bond acceptors (Lipinski definition) is 3. The molecule has 1 spiro atoms. The molecular weight excluding hydrogens is 290 g/mol. The van der Waals surface area contributed by atoms with Crippen LogP contribution in [0.5, 0.6) is 5.75 Å². The van der Waals surface area contributed by atoms with Crippen molar-refractivity contribution in [3.05, 3.63) is 33.4 Å². The van der Waals surface area contributed by atoms with Crippen molar-refractivity contribution in [1.29, 1.82) is 0 Å². The minimum absolute atomic E-state index is 0.0909. The predicted octanol–water partition coefficient (Wildman–Crippen LogP) is 4.53. The fourth-order valence-electron chi connectivity index (χ4n) is 3.83. The van der Waals surface area contributed by atoms with E-state index in [1.54, 1.807) is 13.0 Å². The van der Waals surface area contributed by atoms with Crippen molar-refractivity contribution in [2.24, 2.45) is 5.41 Å². The second-order valence-electron chi connectivity index (χ2n) is 6.41. The Morgan fingerprint density at radius 3 is 2.52 bits per heavy atom. The maximum absolute atomic E-state index is 11.1. The molecule has 0 aliphatic heterocycles. The lowest BCUT2D eigenvalue weighted by Gasteiger charge is -2.51. The molecule has 2 aliphatic carbocycles. The highest BCUT2D eigenvalue weighted by Gasteiger charge is 2.57. The molecule has 0 heterocycles. The van der Waals surface area contributed by atoms with Gasteiger partial charge in [0.1, 0.15) is 11.9 Å². The van der Waals surface area contributed by atoms with Gasteiger partial charge < -0.3 is 4.74 Å². The lowest BCUT2D eigenvalue weighted by molar-refractivity contribution is -0.385. The zero-order chi connectivity index (χ0) is 15.2. The Labute approximate surface area is 129 Å². The van der Waals surface area contributed by atoms with Crippen molar-refractivity contribution in [1.82, 2.24) is 0 Å². The van der Waals surface area contributed by atoms with Crippen LogP contribution >= 0.6 is 11.6 Å². The van der Waals surface area contributed by atoms with E-state index in [2.05, 4.69) is 0 Å². The Hall–Kier alpha value is -1.29. The van der Waals surface area contributed by atoms with Gasteiger partial charge in [-0.05, 0) is 38.3 Å². The number of benzene rings is 1. The number of ether oxygens (including phenoxy) is 1. The van der Waals surface area contributed by atoms with E-state index in [1.807, 2.05) is 13.0 Å². The van der Waals surface area contributed by atoms with Crippen LogP contribution in [0.1, 0.15) is 43.2 Å². The molecule has 3 rings (SSSR count). The molecule has 0 radical (unpaired) electrons. The van der Waals surface area contributed by atoms with Gasteiger partial charge in [0.2, 0.25) is 0 Å². The molecule has 2 unspecified atom stereocenters. The third kappa shape index (κ3) is 2.30. The molecule has 0 N–H and O–H groups in total. The first-order valence-electron chi connectivity index (χ1n) is 7.50. The third-order valence-electron chi connectivity index (χ3n) is 5.18. The summed E-state index contributed by atoms with van der Waals surface area (Å²) in [5, 5.41) is 11.3. The SMILES string of the molecule is Cc1cc(C)c([N+](=O)[O-])cc1OC1CC(Cl)C12CCCC2. The predicted molar refractivity (Wildman–Crippen MR) is 82.1 cm³/mol. The molecule has 4 nitrogen and oxygen atoms in total. The largest absolute Gasteiger partial charge is 0.489 e. The molecular formula is C16H20ClNO3. The number of alkyl halides is 1. The fourth-order valence-corrected chi connectivity index (χ4v) is 4.35. The molecule has 114 valence electrons. The van der Waals surface area contributed by atoms with Crippen molar-refractivity contribution < 1.29 is 9.66 Å². The standard InChI is InChI=1S/C16H20ClNO3/c1-10-7-11(2)13(8-12(10)18(19)20)21-15-9-14(17)16(15)5-3-4-6-16/h7-8,14-15H,3-6,9H2,1-2H3. The molecule has 2 fully saturated rings. The molecule has 21 heavy (non-hydrogen) atoms. The summed E-state index contributed by atoms with van der Waals surface area (Å²) in [4.78, 5) is 10.7. The van der Waals surface area contributed by atoms with E-state index in [0.717, 1.165) is 24.8 Å². The van der Waals surface area contributed by atoms with E-state index in [4.69, 9.17) is 16.3 Å². The van der Waals surface area contributed by atoms with Crippen LogP contribution < -0.4 is 4.74 Å². The lowest BCUT2D eigenvalue weighted by atomic mass is 9.64. The normalized spacial score (nSPS) is 26.6. The number of aryl methyl sites for hydroxylation is 2. The lowest BCUT2D eigenvalue weighted by Crippen LogP contribution is -2.55. The summed E-state index contributed by atoms with van der Waals surface area (Å²) >= 11 is 6.43. The van der Waals surface area contributed by atoms with Gasteiger partial charge in [-0.1, -0.05) is 12.8 Å². The van der Waals surface area contributed by atoms with E-state index in [0.29, 0.717) is 11.3 Å². The molecule has 0 aromatic heterocycles. The van der Waals surface area contributed by atoms with E-state index in [-0.39, 0.29) is 27.5 Å². The number of nitro benzene ring substituents is 1. The monoisotopic (exact) mass is 309 g/mol. The van der Waals surface area contributed by atoms with E-state index < -0.39 is 0 Å². The van der Waals surface area contributed by atoms with Crippen LogP contribution in [0, 0.1) is 29.4 Å². The van der Waals surface area contributed by atoms with Crippen molar-refractivity contribution in [2.45, 2.75) is 57.4 Å². The third-order valence-corrected chi connectivity index (χ3v) is 5.79. The van der Waals surface area contributed by atoms with Gasteiger partial charge in [-0.3, -0.25) is 10.1 Å². The topological polar surface area (TPSA) is 52.4 Å². The summed E-state index contributed by atoms with van der Waals surface area (Å²) in [5.74, 6) is 0.632. The average molecular weight is 310 g/mol. The fraction of sp³-hybridized carbons (Fsp3) is 0.625. The van der Waals surface area contributed by atoms with Crippen LogP contribution in [0.2, 0.25) is 0 Å². The molecule has 2 atom stereocenters. The summed E-state index contributed by atoms with van der Waals surface area (Å²) in [6.45, 7) is 3.69. The quantitative estimate of drug-likeness (QED) is 0.468. The van der Waals surface area contributed by atoms with Gasteiger partial charge in [-0.25, -0.2) is 0 Å². The zero-order valence-corrected chi connectivity index (χ0v) is 13.2. The highest BCUT2D eigenvalue weighted by molar-refractivity contribution is 6.21. The summed E-state index contributed by atoms with van der Waals surface area (Å²) in [5.41, 5.74) is 1.83. The van der Waals surface area contributed by atoms with E-state index >= 15 is 0 Å². The van der Waals surface area contributed by atoms with Crippen molar-refractivity contribution in [3.8, 4) is 5.75 Å². The van der Waals surface area contributed by atoms with Gasteiger partial charge >= 0.3 is 0 Å². The van der Waals surface area contributed by atoms with Gasteiger partial charge in [-0.2, -0.15) is 0 Å². The first-order valence-corrected chi connectivity index (χ1v) is 7.94. The Morgan fingerprint density at radius 2 is 1.95 bits per heavy atom. The van der Waals surface area contributed by atoms with Crippen LogP contribution in [-0.4, -0.2) is 16.4 Å². The maximum Gasteiger partial charge on any atom is 0.276 e.